The number of nitrogens with one attached hydrogen (secondary N) is 1. The number of carbonyl (C=O) groups is 1. The number of carbonyl (C=O) groups excluding carboxylic acids is 1. The number of aromatic nitrogens is 1. The normalized spacial score (nSPS) is 18.4. The highest BCUT2D eigenvalue weighted by atomic mass is 16.1. The Morgan fingerprint density at radius 2 is 1.62 bits per heavy atom. The van der Waals surface area contributed by atoms with Crippen molar-refractivity contribution in [2.75, 3.05) is 41.3 Å². The molecule has 154 valence electrons. The highest BCUT2D eigenvalue weighted by Gasteiger charge is 2.17. The Kier molecular flexibility index (Phi) is 6.33. The average Bonchev–Trinajstić information content (AvgIpc) is 3.05. The van der Waals surface area contributed by atoms with Gasteiger partial charge in [0.15, 0.2) is 0 Å². The summed E-state index contributed by atoms with van der Waals surface area (Å²) in [5.74, 6) is 1.65. The van der Waals surface area contributed by atoms with Crippen LogP contribution >= 0.6 is 0 Å². The second kappa shape index (κ2) is 9.29. The molecule has 2 fully saturated rings. The van der Waals surface area contributed by atoms with Crippen LogP contribution in [0.1, 0.15) is 55.8 Å². The molecule has 5 heteroatoms. The van der Waals surface area contributed by atoms with E-state index in [0.717, 1.165) is 43.6 Å². The zero-order valence-corrected chi connectivity index (χ0v) is 17.4. The summed E-state index contributed by atoms with van der Waals surface area (Å²) in [5.41, 5.74) is 2.73. The van der Waals surface area contributed by atoms with Crippen molar-refractivity contribution in [1.29, 1.82) is 0 Å². The van der Waals surface area contributed by atoms with Gasteiger partial charge in [-0.3, -0.25) is 4.79 Å². The number of piperidine rings is 1. The van der Waals surface area contributed by atoms with E-state index in [1.54, 1.807) is 12.3 Å². The minimum atomic E-state index is -0.0805. The van der Waals surface area contributed by atoms with Crippen LogP contribution in [0.25, 0.3) is 0 Å². The standard InChI is InChI=1S/C24H32N4O/c1-19-11-16-27(17-12-19)22-8-6-21(7-9-22)26-24(29)20-10-13-25-23(18-20)28-14-4-2-3-5-15-28/h6-10,13,18-19H,2-5,11-12,14-17H2,1H3,(H,26,29). The molecule has 1 amide bonds. The third kappa shape index (κ3) is 5.08. The van der Waals surface area contributed by atoms with Crippen LogP contribution in [-0.4, -0.2) is 37.1 Å². The van der Waals surface area contributed by atoms with Crippen molar-refractivity contribution in [2.24, 2.45) is 5.92 Å². The van der Waals surface area contributed by atoms with E-state index in [0.29, 0.717) is 5.56 Å². The number of rotatable bonds is 4. The molecule has 29 heavy (non-hydrogen) atoms. The predicted molar refractivity (Wildman–Crippen MR) is 120 cm³/mol. The molecule has 2 saturated heterocycles. The molecular weight excluding hydrogens is 360 g/mol. The molecule has 1 aromatic carbocycles. The van der Waals surface area contributed by atoms with Crippen molar-refractivity contribution in [3.05, 3.63) is 48.2 Å². The first-order valence-corrected chi connectivity index (χ1v) is 11.1. The molecule has 0 spiro atoms. The molecule has 0 saturated carbocycles. The molecule has 0 bridgehead atoms. The Morgan fingerprint density at radius 3 is 2.31 bits per heavy atom. The van der Waals surface area contributed by atoms with Crippen LogP contribution in [0, 0.1) is 5.92 Å². The van der Waals surface area contributed by atoms with Gasteiger partial charge in [0, 0.05) is 49.3 Å². The predicted octanol–water partition coefficient (Wildman–Crippen LogP) is 4.95. The van der Waals surface area contributed by atoms with Gasteiger partial charge in [-0.2, -0.15) is 0 Å². The molecule has 0 unspecified atom stereocenters. The summed E-state index contributed by atoms with van der Waals surface area (Å²) < 4.78 is 0. The van der Waals surface area contributed by atoms with E-state index < -0.39 is 0 Å². The Bertz CT molecular complexity index is 804. The lowest BCUT2D eigenvalue weighted by atomic mass is 9.99. The van der Waals surface area contributed by atoms with E-state index >= 15 is 0 Å². The van der Waals surface area contributed by atoms with Crippen LogP contribution in [0.4, 0.5) is 17.2 Å². The molecule has 2 aromatic rings. The fraction of sp³-hybridized carbons (Fsp3) is 0.500. The van der Waals surface area contributed by atoms with Gasteiger partial charge in [0.2, 0.25) is 0 Å². The van der Waals surface area contributed by atoms with E-state index in [-0.39, 0.29) is 5.91 Å². The van der Waals surface area contributed by atoms with Gasteiger partial charge in [-0.05, 0) is 68.0 Å². The van der Waals surface area contributed by atoms with Crippen molar-refractivity contribution in [1.82, 2.24) is 4.98 Å². The SMILES string of the molecule is CC1CCN(c2ccc(NC(=O)c3ccnc(N4CCCCCC4)c3)cc2)CC1. The summed E-state index contributed by atoms with van der Waals surface area (Å²) in [6, 6.07) is 11.9. The molecule has 5 nitrogen and oxygen atoms in total. The second-order valence-corrected chi connectivity index (χ2v) is 8.47. The third-order valence-corrected chi connectivity index (χ3v) is 6.21. The van der Waals surface area contributed by atoms with Crippen LogP contribution in [0.3, 0.4) is 0 Å². The topological polar surface area (TPSA) is 48.5 Å². The molecule has 3 heterocycles. The van der Waals surface area contributed by atoms with Gasteiger partial charge in [0.05, 0.1) is 0 Å². The maximum Gasteiger partial charge on any atom is 0.255 e. The van der Waals surface area contributed by atoms with E-state index in [1.807, 2.05) is 18.2 Å². The van der Waals surface area contributed by atoms with Gasteiger partial charge in [-0.25, -0.2) is 4.98 Å². The van der Waals surface area contributed by atoms with Crippen molar-refractivity contribution < 1.29 is 4.79 Å². The minimum absolute atomic E-state index is 0.0805. The molecule has 2 aliphatic heterocycles. The first-order valence-electron chi connectivity index (χ1n) is 11.1. The summed E-state index contributed by atoms with van der Waals surface area (Å²) in [4.78, 5) is 22.0. The number of hydrogen-bond acceptors (Lipinski definition) is 4. The quantitative estimate of drug-likeness (QED) is 0.800. The number of benzene rings is 1. The van der Waals surface area contributed by atoms with Gasteiger partial charge in [-0.15, -0.1) is 0 Å². The third-order valence-electron chi connectivity index (χ3n) is 6.21. The maximum absolute atomic E-state index is 12.8. The molecule has 4 rings (SSSR count). The first-order chi connectivity index (χ1) is 14.2. The first kappa shape index (κ1) is 19.7. The van der Waals surface area contributed by atoms with E-state index in [2.05, 4.69) is 39.2 Å². The Morgan fingerprint density at radius 1 is 0.931 bits per heavy atom. The fourth-order valence-electron chi connectivity index (χ4n) is 4.26. The molecule has 0 radical (unpaired) electrons. The van der Waals surface area contributed by atoms with Crippen LogP contribution in [0.2, 0.25) is 0 Å². The largest absolute Gasteiger partial charge is 0.372 e. The number of pyridine rings is 1. The lowest BCUT2D eigenvalue weighted by Gasteiger charge is -2.32. The van der Waals surface area contributed by atoms with Crippen molar-refractivity contribution in [3.8, 4) is 0 Å². The van der Waals surface area contributed by atoms with E-state index in [1.165, 1.54) is 44.2 Å². The van der Waals surface area contributed by atoms with Crippen molar-refractivity contribution in [3.63, 3.8) is 0 Å². The van der Waals surface area contributed by atoms with Crippen LogP contribution in [-0.2, 0) is 0 Å². The Balaban J connectivity index is 1.39. The molecule has 0 atom stereocenters. The van der Waals surface area contributed by atoms with Crippen molar-refractivity contribution in [2.45, 2.75) is 45.4 Å². The average molecular weight is 393 g/mol. The summed E-state index contributed by atoms with van der Waals surface area (Å²) in [7, 11) is 0. The number of anilines is 3. The minimum Gasteiger partial charge on any atom is -0.372 e. The summed E-state index contributed by atoms with van der Waals surface area (Å²) in [6.45, 7) is 6.60. The van der Waals surface area contributed by atoms with Crippen LogP contribution in [0.5, 0.6) is 0 Å². The van der Waals surface area contributed by atoms with E-state index in [4.69, 9.17) is 0 Å². The second-order valence-electron chi connectivity index (χ2n) is 8.47. The van der Waals surface area contributed by atoms with Gasteiger partial charge >= 0.3 is 0 Å². The van der Waals surface area contributed by atoms with Gasteiger partial charge in [-0.1, -0.05) is 19.8 Å². The summed E-state index contributed by atoms with van der Waals surface area (Å²) >= 11 is 0. The lowest BCUT2D eigenvalue weighted by Crippen LogP contribution is -2.32. The maximum atomic E-state index is 12.8. The molecule has 1 N–H and O–H groups in total. The van der Waals surface area contributed by atoms with Gasteiger partial charge < -0.3 is 15.1 Å². The number of hydrogen-bond donors (Lipinski definition) is 1. The van der Waals surface area contributed by atoms with E-state index in [9.17, 15) is 4.79 Å². The Hall–Kier alpha value is -2.56. The lowest BCUT2D eigenvalue weighted by molar-refractivity contribution is 0.102. The Labute approximate surface area is 174 Å². The monoisotopic (exact) mass is 392 g/mol. The van der Waals surface area contributed by atoms with Crippen LogP contribution < -0.4 is 15.1 Å². The molecule has 0 aliphatic carbocycles. The molecular formula is C24H32N4O. The van der Waals surface area contributed by atoms with Crippen LogP contribution in [0.15, 0.2) is 42.6 Å². The molecule has 2 aliphatic rings. The number of amides is 1. The van der Waals surface area contributed by atoms with Gasteiger partial charge in [0.25, 0.3) is 5.91 Å². The highest BCUT2D eigenvalue weighted by molar-refractivity contribution is 6.04. The van der Waals surface area contributed by atoms with Crippen molar-refractivity contribution >= 4 is 23.1 Å². The van der Waals surface area contributed by atoms with Gasteiger partial charge in [0.1, 0.15) is 5.82 Å². The molecule has 1 aromatic heterocycles. The zero-order valence-electron chi connectivity index (χ0n) is 17.4. The summed E-state index contributed by atoms with van der Waals surface area (Å²) in [5, 5.41) is 3.03. The summed E-state index contributed by atoms with van der Waals surface area (Å²) in [6.07, 6.45) is 9.20. The zero-order chi connectivity index (χ0) is 20.1. The smallest absolute Gasteiger partial charge is 0.255 e. The number of nitrogens with zero attached hydrogens (tertiary/aromatic N) is 3. The fourth-order valence-corrected chi connectivity index (χ4v) is 4.26. The highest BCUT2D eigenvalue weighted by Crippen LogP contribution is 2.25.